The minimum absolute atomic E-state index is 0.00674. The number of hydrogen-bond acceptors (Lipinski definition) is 7. The number of non-ortho nitro benzene ring substituents is 1. The summed E-state index contributed by atoms with van der Waals surface area (Å²) in [6, 6.07) is 14.5. The number of ketones is 1. The van der Waals surface area contributed by atoms with Crippen molar-refractivity contribution < 1.29 is 29.5 Å². The summed E-state index contributed by atoms with van der Waals surface area (Å²) in [5, 5.41) is 32.1. The molecule has 3 aromatic carbocycles. The molecule has 10 heteroatoms. The molecule has 1 amide bonds. The highest BCUT2D eigenvalue weighted by Crippen LogP contribution is 2.44. The van der Waals surface area contributed by atoms with Gasteiger partial charge in [0.2, 0.25) is 0 Å². The number of halogens is 1. The average Bonchev–Trinajstić information content (AvgIpc) is 3.10. The van der Waals surface area contributed by atoms with Crippen molar-refractivity contribution in [2.24, 2.45) is 0 Å². The molecule has 0 radical (unpaired) electrons. The number of aliphatic hydroxyl groups excluding tert-OH is 1. The number of ether oxygens (including phenoxy) is 1. The second-order valence-corrected chi connectivity index (χ2v) is 7.80. The molecule has 0 bridgehead atoms. The smallest absolute Gasteiger partial charge is 0.300 e. The van der Waals surface area contributed by atoms with Gasteiger partial charge < -0.3 is 14.9 Å². The van der Waals surface area contributed by atoms with Crippen molar-refractivity contribution in [1.29, 1.82) is 0 Å². The second kappa shape index (κ2) is 8.87. The summed E-state index contributed by atoms with van der Waals surface area (Å²) in [7, 11) is 1.45. The maximum absolute atomic E-state index is 13.2. The van der Waals surface area contributed by atoms with Gasteiger partial charge in [0.05, 0.1) is 28.7 Å². The van der Waals surface area contributed by atoms with Gasteiger partial charge in [-0.25, -0.2) is 0 Å². The van der Waals surface area contributed by atoms with Gasteiger partial charge in [0, 0.05) is 29.4 Å². The number of amides is 1. The number of Topliss-reactive ketones (excluding diaryl/α,β-unsaturated/α-hetero) is 1. The molecule has 1 aliphatic rings. The molecule has 1 aliphatic heterocycles. The molecule has 0 aliphatic carbocycles. The molecule has 0 saturated carbocycles. The summed E-state index contributed by atoms with van der Waals surface area (Å²) >= 11 is 6.09. The third kappa shape index (κ3) is 3.93. The number of phenols is 1. The molecule has 1 fully saturated rings. The number of carbonyl (C=O) groups excluding carboxylic acids is 2. The number of nitro benzene ring substituents is 1. The maximum Gasteiger partial charge on any atom is 0.300 e. The molecule has 1 saturated heterocycles. The Hall–Kier alpha value is -4.37. The number of aliphatic hydroxyl groups is 1. The lowest BCUT2D eigenvalue weighted by atomic mass is 9.95. The van der Waals surface area contributed by atoms with Gasteiger partial charge in [0.25, 0.3) is 17.4 Å². The fourth-order valence-electron chi connectivity index (χ4n) is 3.79. The van der Waals surface area contributed by atoms with Crippen molar-refractivity contribution in [3.8, 4) is 11.5 Å². The first-order chi connectivity index (χ1) is 16.2. The largest absolute Gasteiger partial charge is 0.507 e. The predicted molar refractivity (Wildman–Crippen MR) is 124 cm³/mol. The van der Waals surface area contributed by atoms with Crippen LogP contribution in [-0.2, 0) is 9.59 Å². The summed E-state index contributed by atoms with van der Waals surface area (Å²) in [6.07, 6.45) is 0. The van der Waals surface area contributed by atoms with Crippen LogP contribution in [0.15, 0.2) is 72.3 Å². The molecule has 2 N–H and O–H groups in total. The van der Waals surface area contributed by atoms with Gasteiger partial charge in [0.15, 0.2) is 0 Å². The van der Waals surface area contributed by atoms with Crippen molar-refractivity contribution >= 4 is 40.4 Å². The number of anilines is 1. The molecular formula is C24H17ClN2O7. The zero-order chi connectivity index (χ0) is 24.6. The first-order valence-corrected chi connectivity index (χ1v) is 10.3. The van der Waals surface area contributed by atoms with Crippen LogP contribution in [0.2, 0.25) is 5.02 Å². The summed E-state index contributed by atoms with van der Waals surface area (Å²) in [4.78, 5) is 38.1. The van der Waals surface area contributed by atoms with Crippen LogP contribution in [0, 0.1) is 10.1 Å². The lowest BCUT2D eigenvalue weighted by molar-refractivity contribution is -0.384. The number of aromatic hydroxyl groups is 1. The summed E-state index contributed by atoms with van der Waals surface area (Å²) in [5.74, 6) is -2.26. The fourth-order valence-corrected chi connectivity index (χ4v) is 3.98. The third-order valence-corrected chi connectivity index (χ3v) is 5.70. The number of rotatable bonds is 5. The Morgan fingerprint density at radius 2 is 1.82 bits per heavy atom. The maximum atomic E-state index is 13.2. The predicted octanol–water partition coefficient (Wildman–Crippen LogP) is 4.59. The highest BCUT2D eigenvalue weighted by Gasteiger charge is 2.47. The molecule has 3 aromatic rings. The number of carbonyl (C=O) groups is 2. The lowest BCUT2D eigenvalue weighted by Gasteiger charge is -2.26. The van der Waals surface area contributed by atoms with Crippen LogP contribution in [0.3, 0.4) is 0 Å². The van der Waals surface area contributed by atoms with Gasteiger partial charge >= 0.3 is 0 Å². The number of benzene rings is 3. The number of nitro groups is 1. The van der Waals surface area contributed by atoms with Crippen molar-refractivity contribution in [2.45, 2.75) is 6.04 Å². The van der Waals surface area contributed by atoms with Crippen molar-refractivity contribution in [2.75, 3.05) is 12.0 Å². The molecule has 172 valence electrons. The van der Waals surface area contributed by atoms with Crippen LogP contribution in [0.5, 0.6) is 11.5 Å². The Morgan fingerprint density at radius 1 is 1.09 bits per heavy atom. The fraction of sp³-hybridized carbons (Fsp3) is 0.0833. The van der Waals surface area contributed by atoms with E-state index in [-0.39, 0.29) is 27.6 Å². The van der Waals surface area contributed by atoms with Crippen LogP contribution in [0.1, 0.15) is 17.2 Å². The van der Waals surface area contributed by atoms with E-state index in [2.05, 4.69) is 0 Å². The van der Waals surface area contributed by atoms with Crippen LogP contribution in [0.25, 0.3) is 5.76 Å². The molecular weight excluding hydrogens is 464 g/mol. The Labute approximate surface area is 198 Å². The Morgan fingerprint density at radius 3 is 2.50 bits per heavy atom. The molecule has 9 nitrogen and oxygen atoms in total. The van der Waals surface area contributed by atoms with E-state index in [1.165, 1.54) is 48.4 Å². The zero-order valence-electron chi connectivity index (χ0n) is 17.6. The highest BCUT2D eigenvalue weighted by molar-refractivity contribution is 6.51. The van der Waals surface area contributed by atoms with Crippen molar-refractivity contribution in [1.82, 2.24) is 0 Å². The molecule has 1 unspecified atom stereocenters. The van der Waals surface area contributed by atoms with E-state index in [1.54, 1.807) is 24.3 Å². The van der Waals surface area contributed by atoms with E-state index in [9.17, 15) is 29.9 Å². The van der Waals surface area contributed by atoms with Gasteiger partial charge in [-0.05, 0) is 29.8 Å². The molecule has 0 aromatic heterocycles. The Kier molecular flexibility index (Phi) is 5.95. The van der Waals surface area contributed by atoms with Crippen LogP contribution < -0.4 is 9.64 Å². The summed E-state index contributed by atoms with van der Waals surface area (Å²) in [5.41, 5.74) is 0.0589. The number of hydrogen-bond donors (Lipinski definition) is 2. The summed E-state index contributed by atoms with van der Waals surface area (Å²) in [6.45, 7) is 0. The lowest BCUT2D eigenvalue weighted by Crippen LogP contribution is -2.29. The first-order valence-electron chi connectivity index (χ1n) is 9.91. The minimum Gasteiger partial charge on any atom is -0.507 e. The molecule has 4 rings (SSSR count). The van der Waals surface area contributed by atoms with Crippen molar-refractivity contribution in [3.63, 3.8) is 0 Å². The second-order valence-electron chi connectivity index (χ2n) is 7.39. The quantitative estimate of drug-likeness (QED) is 0.179. The van der Waals surface area contributed by atoms with E-state index >= 15 is 0 Å². The van der Waals surface area contributed by atoms with E-state index < -0.39 is 28.4 Å². The third-order valence-electron chi connectivity index (χ3n) is 5.39. The molecule has 34 heavy (non-hydrogen) atoms. The number of nitrogens with zero attached hydrogens (tertiary/aromatic N) is 2. The standard InChI is InChI=1S/C24H17ClN2O7/c1-34-17-7-3-5-15(12-17)26-21(13-8-9-19(28)18(25)11-13)20(23(30)24(26)31)22(29)14-4-2-6-16(10-14)27(32)33/h2-12,21,28-29H,1H3/b22-20-. The number of methoxy groups -OCH3 is 1. The van der Waals surface area contributed by atoms with Crippen LogP contribution >= 0.6 is 11.6 Å². The Bertz CT molecular complexity index is 1370. The topological polar surface area (TPSA) is 130 Å². The van der Waals surface area contributed by atoms with Gasteiger partial charge in [-0.2, -0.15) is 0 Å². The summed E-state index contributed by atoms with van der Waals surface area (Å²) < 4.78 is 5.23. The monoisotopic (exact) mass is 480 g/mol. The SMILES string of the molecule is COc1cccc(N2C(=O)C(=O)/C(=C(\O)c3cccc([N+](=O)[O-])c3)C2c2ccc(O)c(Cl)c2)c1. The van der Waals surface area contributed by atoms with Gasteiger partial charge in [-0.3, -0.25) is 24.6 Å². The van der Waals surface area contributed by atoms with E-state index in [4.69, 9.17) is 16.3 Å². The molecule has 1 heterocycles. The normalized spacial score (nSPS) is 17.1. The Balaban J connectivity index is 1.97. The van der Waals surface area contributed by atoms with Gasteiger partial charge in [0.1, 0.15) is 17.3 Å². The van der Waals surface area contributed by atoms with Crippen LogP contribution in [-0.4, -0.2) is 33.9 Å². The number of phenolic OH excluding ortho intramolecular Hbond substituents is 1. The minimum atomic E-state index is -1.13. The molecule has 1 atom stereocenters. The van der Waals surface area contributed by atoms with E-state index in [0.717, 1.165) is 6.07 Å². The zero-order valence-corrected chi connectivity index (χ0v) is 18.4. The van der Waals surface area contributed by atoms with Gasteiger partial charge in [-0.15, -0.1) is 0 Å². The van der Waals surface area contributed by atoms with E-state index in [1.807, 2.05) is 0 Å². The van der Waals surface area contributed by atoms with Gasteiger partial charge in [-0.1, -0.05) is 35.9 Å². The van der Waals surface area contributed by atoms with Crippen LogP contribution in [0.4, 0.5) is 11.4 Å². The first kappa shape index (κ1) is 22.8. The van der Waals surface area contributed by atoms with Crippen molar-refractivity contribution in [3.05, 3.63) is 98.6 Å². The molecule has 0 spiro atoms. The van der Waals surface area contributed by atoms with E-state index in [0.29, 0.717) is 17.0 Å². The highest BCUT2D eigenvalue weighted by atomic mass is 35.5. The average molecular weight is 481 g/mol.